The standard InChI is InChI=1S/C25H35NO4S/c1-2-3-4-5-6-7-8-9-10-11-20-31(29,30)24-18-14-22(15-19-24)26-25(28)21-12-16-23(27)17-13-21/h12-19,27H,2-11,20H2,1H3,(H,26,28). The molecule has 0 saturated heterocycles. The first-order valence-corrected chi connectivity index (χ1v) is 13.0. The molecule has 2 N–H and O–H groups in total. The molecule has 0 fully saturated rings. The Kier molecular flexibility index (Phi) is 10.6. The zero-order valence-electron chi connectivity index (χ0n) is 18.5. The van der Waals surface area contributed by atoms with E-state index in [1.54, 1.807) is 12.1 Å². The summed E-state index contributed by atoms with van der Waals surface area (Å²) in [5, 5.41) is 12.0. The van der Waals surface area contributed by atoms with Gasteiger partial charge in [-0.2, -0.15) is 0 Å². The Morgan fingerprint density at radius 2 is 1.29 bits per heavy atom. The molecule has 0 atom stereocenters. The van der Waals surface area contributed by atoms with E-state index in [2.05, 4.69) is 12.2 Å². The summed E-state index contributed by atoms with van der Waals surface area (Å²) in [4.78, 5) is 12.5. The maximum atomic E-state index is 12.5. The molecule has 170 valence electrons. The second-order valence-corrected chi connectivity index (χ2v) is 10.1. The maximum absolute atomic E-state index is 12.5. The van der Waals surface area contributed by atoms with Crippen molar-refractivity contribution in [2.24, 2.45) is 0 Å². The molecule has 0 saturated carbocycles. The topological polar surface area (TPSA) is 83.5 Å². The van der Waals surface area contributed by atoms with Crippen LogP contribution >= 0.6 is 0 Å². The van der Waals surface area contributed by atoms with Crippen LogP contribution in [-0.4, -0.2) is 25.2 Å². The molecule has 0 spiro atoms. The minimum absolute atomic E-state index is 0.0912. The van der Waals surface area contributed by atoms with Crippen molar-refractivity contribution in [3.05, 3.63) is 54.1 Å². The van der Waals surface area contributed by atoms with Crippen LogP contribution in [0.15, 0.2) is 53.4 Å². The number of unbranched alkanes of at least 4 members (excludes halogenated alkanes) is 9. The van der Waals surface area contributed by atoms with Gasteiger partial charge < -0.3 is 10.4 Å². The molecule has 0 radical (unpaired) electrons. The number of hydrogen-bond acceptors (Lipinski definition) is 4. The zero-order valence-corrected chi connectivity index (χ0v) is 19.3. The van der Waals surface area contributed by atoms with Crippen molar-refractivity contribution in [1.82, 2.24) is 0 Å². The second-order valence-electron chi connectivity index (χ2n) is 8.03. The van der Waals surface area contributed by atoms with Crippen molar-refractivity contribution in [3.63, 3.8) is 0 Å². The van der Waals surface area contributed by atoms with Gasteiger partial charge >= 0.3 is 0 Å². The molecule has 2 aromatic carbocycles. The van der Waals surface area contributed by atoms with Gasteiger partial charge in [0.15, 0.2) is 9.84 Å². The zero-order chi connectivity index (χ0) is 22.5. The molecular weight excluding hydrogens is 410 g/mol. The lowest BCUT2D eigenvalue weighted by Gasteiger charge is -2.08. The van der Waals surface area contributed by atoms with Crippen molar-refractivity contribution >= 4 is 21.4 Å². The Balaban J connectivity index is 1.72. The fourth-order valence-electron chi connectivity index (χ4n) is 3.46. The first-order valence-electron chi connectivity index (χ1n) is 11.4. The van der Waals surface area contributed by atoms with Gasteiger partial charge in [0.1, 0.15) is 5.75 Å². The van der Waals surface area contributed by atoms with E-state index in [-0.39, 0.29) is 22.3 Å². The molecule has 2 rings (SSSR count). The molecule has 0 heterocycles. The Morgan fingerprint density at radius 1 is 0.774 bits per heavy atom. The van der Waals surface area contributed by atoms with Crippen molar-refractivity contribution < 1.29 is 18.3 Å². The van der Waals surface area contributed by atoms with Gasteiger partial charge in [-0.3, -0.25) is 4.79 Å². The number of carbonyl (C=O) groups excluding carboxylic acids is 1. The summed E-state index contributed by atoms with van der Waals surface area (Å²) >= 11 is 0. The fourth-order valence-corrected chi connectivity index (χ4v) is 4.83. The normalized spacial score (nSPS) is 11.4. The van der Waals surface area contributed by atoms with E-state index in [9.17, 15) is 18.3 Å². The SMILES string of the molecule is CCCCCCCCCCCCS(=O)(=O)c1ccc(NC(=O)c2ccc(O)cc2)cc1. The average molecular weight is 446 g/mol. The fraction of sp³-hybridized carbons (Fsp3) is 0.480. The van der Waals surface area contributed by atoms with Crippen LogP contribution in [0.4, 0.5) is 5.69 Å². The molecule has 2 aromatic rings. The molecule has 0 aliphatic rings. The van der Waals surface area contributed by atoms with Crippen molar-refractivity contribution in [2.75, 3.05) is 11.1 Å². The molecule has 0 aliphatic carbocycles. The number of benzene rings is 2. The lowest BCUT2D eigenvalue weighted by Crippen LogP contribution is -2.12. The highest BCUT2D eigenvalue weighted by Crippen LogP contribution is 2.19. The van der Waals surface area contributed by atoms with Gasteiger partial charge in [0.05, 0.1) is 10.6 Å². The average Bonchev–Trinajstić information content (AvgIpc) is 2.76. The molecule has 0 unspecified atom stereocenters. The van der Waals surface area contributed by atoms with Gasteiger partial charge in [0.25, 0.3) is 5.91 Å². The highest BCUT2D eigenvalue weighted by Gasteiger charge is 2.14. The van der Waals surface area contributed by atoms with Crippen LogP contribution in [0.5, 0.6) is 5.75 Å². The first kappa shape index (κ1) is 24.9. The number of rotatable bonds is 14. The van der Waals surface area contributed by atoms with Crippen LogP contribution in [0, 0.1) is 0 Å². The van der Waals surface area contributed by atoms with E-state index in [0.29, 0.717) is 17.7 Å². The van der Waals surface area contributed by atoms with Gasteiger partial charge in [-0.05, 0) is 55.0 Å². The smallest absolute Gasteiger partial charge is 0.255 e. The van der Waals surface area contributed by atoms with E-state index < -0.39 is 9.84 Å². The van der Waals surface area contributed by atoms with Crippen LogP contribution in [0.1, 0.15) is 81.5 Å². The van der Waals surface area contributed by atoms with E-state index in [1.807, 2.05) is 0 Å². The van der Waals surface area contributed by atoms with Crippen molar-refractivity contribution in [3.8, 4) is 5.75 Å². The summed E-state index contributed by atoms with van der Waals surface area (Å²) in [6.45, 7) is 2.22. The maximum Gasteiger partial charge on any atom is 0.255 e. The lowest BCUT2D eigenvalue weighted by molar-refractivity contribution is 0.102. The van der Waals surface area contributed by atoms with Gasteiger partial charge in [0.2, 0.25) is 0 Å². The van der Waals surface area contributed by atoms with E-state index in [0.717, 1.165) is 12.8 Å². The molecule has 0 bridgehead atoms. The summed E-state index contributed by atoms with van der Waals surface area (Å²) < 4.78 is 25.1. The van der Waals surface area contributed by atoms with Crippen LogP contribution in [-0.2, 0) is 9.84 Å². The number of nitrogens with one attached hydrogen (secondary N) is 1. The predicted molar refractivity (Wildman–Crippen MR) is 126 cm³/mol. The molecule has 31 heavy (non-hydrogen) atoms. The Labute approximate surface area is 186 Å². The third kappa shape index (κ3) is 9.13. The number of sulfone groups is 1. The number of anilines is 1. The largest absolute Gasteiger partial charge is 0.508 e. The number of aromatic hydroxyl groups is 1. The van der Waals surface area contributed by atoms with Gasteiger partial charge in [-0.1, -0.05) is 64.7 Å². The summed E-state index contributed by atoms with van der Waals surface area (Å²) in [6, 6.07) is 12.2. The highest BCUT2D eigenvalue weighted by molar-refractivity contribution is 7.91. The van der Waals surface area contributed by atoms with Crippen LogP contribution in [0.2, 0.25) is 0 Å². The summed E-state index contributed by atoms with van der Waals surface area (Å²) in [7, 11) is -3.31. The van der Waals surface area contributed by atoms with Gasteiger partial charge in [-0.25, -0.2) is 8.42 Å². The number of phenols is 1. The first-order chi connectivity index (χ1) is 14.9. The minimum Gasteiger partial charge on any atom is -0.508 e. The van der Waals surface area contributed by atoms with Gasteiger partial charge in [-0.15, -0.1) is 0 Å². The van der Waals surface area contributed by atoms with E-state index in [4.69, 9.17) is 0 Å². The number of carbonyl (C=O) groups is 1. The molecular formula is C25H35NO4S. The third-order valence-electron chi connectivity index (χ3n) is 5.37. The number of hydrogen-bond donors (Lipinski definition) is 2. The monoisotopic (exact) mass is 445 g/mol. The lowest BCUT2D eigenvalue weighted by atomic mass is 10.1. The summed E-state index contributed by atoms with van der Waals surface area (Å²) in [5.41, 5.74) is 0.936. The minimum atomic E-state index is -3.31. The molecule has 5 nitrogen and oxygen atoms in total. The number of phenolic OH excluding ortho intramolecular Hbond substituents is 1. The molecule has 6 heteroatoms. The molecule has 1 amide bonds. The van der Waals surface area contributed by atoms with Crippen LogP contribution in [0.25, 0.3) is 0 Å². The predicted octanol–water partition coefficient (Wildman–Crippen LogP) is 6.34. The van der Waals surface area contributed by atoms with Crippen LogP contribution in [0.3, 0.4) is 0 Å². The highest BCUT2D eigenvalue weighted by atomic mass is 32.2. The summed E-state index contributed by atoms with van der Waals surface area (Å²) in [5.74, 6) is -0.0719. The Morgan fingerprint density at radius 3 is 1.84 bits per heavy atom. The van der Waals surface area contributed by atoms with Crippen LogP contribution < -0.4 is 5.32 Å². The number of amides is 1. The van der Waals surface area contributed by atoms with Crippen molar-refractivity contribution in [2.45, 2.75) is 76.0 Å². The second kappa shape index (κ2) is 13.2. The van der Waals surface area contributed by atoms with Crippen molar-refractivity contribution in [1.29, 1.82) is 0 Å². The Hall–Kier alpha value is -2.34. The Bertz CT molecular complexity index is 890. The van der Waals surface area contributed by atoms with Gasteiger partial charge in [0, 0.05) is 11.3 Å². The molecule has 0 aliphatic heterocycles. The van der Waals surface area contributed by atoms with E-state index >= 15 is 0 Å². The van der Waals surface area contributed by atoms with E-state index in [1.165, 1.54) is 81.3 Å². The quantitative estimate of drug-likeness (QED) is 0.332. The third-order valence-corrected chi connectivity index (χ3v) is 7.18. The molecule has 0 aromatic heterocycles. The summed E-state index contributed by atoms with van der Waals surface area (Å²) in [6.07, 6.45) is 11.7.